The van der Waals surface area contributed by atoms with Crippen LogP contribution in [0.5, 0.6) is 5.75 Å². The van der Waals surface area contributed by atoms with Crippen LogP contribution in [0, 0.1) is 0 Å². The van der Waals surface area contributed by atoms with Crippen molar-refractivity contribution in [3.63, 3.8) is 0 Å². The summed E-state index contributed by atoms with van der Waals surface area (Å²) >= 11 is 0. The molecule has 9 heteroatoms. The first-order valence-corrected chi connectivity index (χ1v) is 11.1. The third-order valence-corrected chi connectivity index (χ3v) is 6.56. The van der Waals surface area contributed by atoms with Crippen molar-refractivity contribution in [3.05, 3.63) is 54.1 Å². The molecule has 2 aromatic rings. The number of hydrogen-bond acceptors (Lipinski definition) is 5. The second-order valence-electron chi connectivity index (χ2n) is 6.43. The molecule has 8 nitrogen and oxygen atoms in total. The molecule has 0 heterocycles. The number of sulfonamides is 1. The maximum absolute atomic E-state index is 12.5. The van der Waals surface area contributed by atoms with E-state index >= 15 is 0 Å². The summed E-state index contributed by atoms with van der Waals surface area (Å²) in [5.74, 6) is -0.956. The van der Waals surface area contributed by atoms with E-state index in [4.69, 9.17) is 4.74 Å². The lowest BCUT2D eigenvalue weighted by atomic mass is 10.1. The normalized spacial score (nSPS) is 11.2. The largest absolute Gasteiger partial charge is 0.497 e. The van der Waals surface area contributed by atoms with Gasteiger partial charge in [0.25, 0.3) is 0 Å². The molecule has 2 amide bonds. The lowest BCUT2D eigenvalue weighted by Gasteiger charge is -2.18. The van der Waals surface area contributed by atoms with E-state index in [9.17, 15) is 18.0 Å². The summed E-state index contributed by atoms with van der Waals surface area (Å²) in [5.41, 5.74) is 1.31. The van der Waals surface area contributed by atoms with Gasteiger partial charge in [0, 0.05) is 31.4 Å². The number of carbonyl (C=O) groups is 2. The topological polar surface area (TPSA) is 105 Å². The maximum atomic E-state index is 12.5. The number of benzene rings is 2. The average Bonchev–Trinajstić information content (AvgIpc) is 2.74. The minimum Gasteiger partial charge on any atom is -0.497 e. The summed E-state index contributed by atoms with van der Waals surface area (Å²) in [4.78, 5) is 24.2. The summed E-state index contributed by atoms with van der Waals surface area (Å²) in [6.45, 7) is 4.65. The van der Waals surface area contributed by atoms with Gasteiger partial charge < -0.3 is 15.4 Å². The Morgan fingerprint density at radius 2 is 1.67 bits per heavy atom. The van der Waals surface area contributed by atoms with Crippen molar-refractivity contribution in [2.45, 2.75) is 25.2 Å². The Kier molecular flexibility index (Phi) is 8.37. The van der Waals surface area contributed by atoms with Gasteiger partial charge >= 0.3 is 11.8 Å². The average molecular weight is 434 g/mol. The molecule has 0 spiro atoms. The first kappa shape index (κ1) is 23.4. The minimum atomic E-state index is -3.50. The van der Waals surface area contributed by atoms with Gasteiger partial charge in [-0.25, -0.2) is 8.42 Å². The lowest BCUT2D eigenvalue weighted by Crippen LogP contribution is -2.36. The summed E-state index contributed by atoms with van der Waals surface area (Å²) in [7, 11) is -1.98. The maximum Gasteiger partial charge on any atom is 0.313 e. The number of anilines is 1. The fraction of sp³-hybridized carbons (Fsp3) is 0.333. The predicted molar refractivity (Wildman–Crippen MR) is 115 cm³/mol. The zero-order chi connectivity index (χ0) is 22.1. The Labute approximate surface area is 177 Å². The Morgan fingerprint density at radius 3 is 2.27 bits per heavy atom. The van der Waals surface area contributed by atoms with Crippen molar-refractivity contribution in [1.29, 1.82) is 0 Å². The van der Waals surface area contributed by atoms with Crippen LogP contribution in [0.15, 0.2) is 53.4 Å². The van der Waals surface area contributed by atoms with Crippen molar-refractivity contribution >= 4 is 27.5 Å². The van der Waals surface area contributed by atoms with Crippen LogP contribution in [0.3, 0.4) is 0 Å². The number of methoxy groups -OCH3 is 1. The third-order valence-electron chi connectivity index (χ3n) is 4.50. The summed E-state index contributed by atoms with van der Waals surface area (Å²) < 4.78 is 31.4. The molecular formula is C21H27N3O5S. The summed E-state index contributed by atoms with van der Waals surface area (Å²) in [6, 6.07) is 13.2. The molecule has 162 valence electrons. The van der Waals surface area contributed by atoms with Gasteiger partial charge in [0.2, 0.25) is 10.0 Å². The summed E-state index contributed by atoms with van der Waals surface area (Å²) in [5, 5.41) is 5.06. The molecule has 2 N–H and O–H groups in total. The smallest absolute Gasteiger partial charge is 0.313 e. The molecule has 0 saturated carbocycles. The van der Waals surface area contributed by atoms with Crippen LogP contribution in [-0.4, -0.2) is 51.3 Å². The van der Waals surface area contributed by atoms with Gasteiger partial charge in [-0.15, -0.1) is 0 Å². The predicted octanol–water partition coefficient (Wildman–Crippen LogP) is 2.02. The number of nitrogens with zero attached hydrogens (tertiary/aromatic N) is 1. The van der Waals surface area contributed by atoms with Crippen LogP contribution in [-0.2, 0) is 26.0 Å². The van der Waals surface area contributed by atoms with Crippen LogP contribution in [0.25, 0.3) is 0 Å². The molecule has 0 aliphatic carbocycles. The third kappa shape index (κ3) is 6.04. The molecule has 0 aliphatic heterocycles. The van der Waals surface area contributed by atoms with Crippen molar-refractivity contribution in [2.75, 3.05) is 32.1 Å². The molecule has 0 fully saturated rings. The van der Waals surface area contributed by atoms with Crippen molar-refractivity contribution < 1.29 is 22.7 Å². The second kappa shape index (κ2) is 10.7. The van der Waals surface area contributed by atoms with Crippen LogP contribution >= 0.6 is 0 Å². The molecule has 0 aliphatic rings. The first-order chi connectivity index (χ1) is 14.3. The Hall–Kier alpha value is -2.91. The fourth-order valence-electron chi connectivity index (χ4n) is 2.83. The van der Waals surface area contributed by atoms with E-state index in [-0.39, 0.29) is 11.4 Å². The molecule has 0 saturated heterocycles. The molecule has 2 rings (SSSR count). The Balaban J connectivity index is 1.87. The van der Waals surface area contributed by atoms with Gasteiger partial charge in [0.05, 0.1) is 12.0 Å². The van der Waals surface area contributed by atoms with Crippen molar-refractivity contribution in [1.82, 2.24) is 9.62 Å². The van der Waals surface area contributed by atoms with Gasteiger partial charge in [-0.05, 0) is 36.2 Å². The highest BCUT2D eigenvalue weighted by Gasteiger charge is 2.21. The van der Waals surface area contributed by atoms with Crippen LogP contribution < -0.4 is 15.4 Å². The quantitative estimate of drug-likeness (QED) is 0.589. The highest BCUT2D eigenvalue weighted by atomic mass is 32.2. The lowest BCUT2D eigenvalue weighted by molar-refractivity contribution is -0.136. The van der Waals surface area contributed by atoms with Gasteiger partial charge in [0.1, 0.15) is 5.75 Å². The first-order valence-electron chi connectivity index (χ1n) is 9.64. The standard InChI is InChI=1S/C21H27N3O5S/c1-4-24(5-2)30(27,28)19-11-9-16(10-12-19)13-14-22-20(25)21(26)23-17-7-6-8-18(15-17)29-3/h6-12,15H,4-5,13-14H2,1-3H3,(H,22,25)(H,23,26). The summed E-state index contributed by atoms with van der Waals surface area (Å²) in [6.07, 6.45) is 0.462. The second-order valence-corrected chi connectivity index (χ2v) is 8.36. The number of carbonyl (C=O) groups excluding carboxylic acids is 2. The van der Waals surface area contributed by atoms with E-state index in [1.165, 1.54) is 11.4 Å². The number of rotatable bonds is 9. The zero-order valence-corrected chi connectivity index (χ0v) is 18.2. The van der Waals surface area contributed by atoms with Crippen LogP contribution in [0.1, 0.15) is 19.4 Å². The highest BCUT2D eigenvalue weighted by molar-refractivity contribution is 7.89. The van der Waals surface area contributed by atoms with Crippen LogP contribution in [0.4, 0.5) is 5.69 Å². The monoisotopic (exact) mass is 433 g/mol. The molecule has 2 aromatic carbocycles. The van der Waals surface area contributed by atoms with Gasteiger partial charge in [-0.1, -0.05) is 32.0 Å². The Bertz CT molecular complexity index is 970. The molecule has 0 unspecified atom stereocenters. The number of ether oxygens (including phenoxy) is 1. The fourth-order valence-corrected chi connectivity index (χ4v) is 4.29. The molecule has 0 radical (unpaired) electrons. The van der Waals surface area contributed by atoms with Gasteiger partial charge in [-0.2, -0.15) is 4.31 Å². The van der Waals surface area contributed by atoms with Gasteiger partial charge in [0.15, 0.2) is 0 Å². The Morgan fingerprint density at radius 1 is 1.00 bits per heavy atom. The van der Waals surface area contributed by atoms with Crippen molar-refractivity contribution in [3.8, 4) is 5.75 Å². The van der Waals surface area contributed by atoms with E-state index in [0.717, 1.165) is 5.56 Å². The van der Waals surface area contributed by atoms with Gasteiger partial charge in [-0.3, -0.25) is 9.59 Å². The van der Waals surface area contributed by atoms with E-state index < -0.39 is 21.8 Å². The van der Waals surface area contributed by atoms with E-state index in [1.807, 2.05) is 0 Å². The van der Waals surface area contributed by atoms with E-state index in [0.29, 0.717) is 30.9 Å². The SMILES string of the molecule is CCN(CC)S(=O)(=O)c1ccc(CCNC(=O)C(=O)Nc2cccc(OC)c2)cc1. The number of amides is 2. The zero-order valence-electron chi connectivity index (χ0n) is 17.3. The highest BCUT2D eigenvalue weighted by Crippen LogP contribution is 2.17. The van der Waals surface area contributed by atoms with E-state index in [1.54, 1.807) is 62.4 Å². The molecule has 0 bridgehead atoms. The van der Waals surface area contributed by atoms with Crippen molar-refractivity contribution in [2.24, 2.45) is 0 Å². The molecule has 0 aromatic heterocycles. The minimum absolute atomic E-state index is 0.233. The number of nitrogens with one attached hydrogen (secondary N) is 2. The molecule has 0 atom stereocenters. The van der Waals surface area contributed by atoms with Crippen LogP contribution in [0.2, 0.25) is 0 Å². The number of hydrogen-bond donors (Lipinski definition) is 2. The van der Waals surface area contributed by atoms with E-state index in [2.05, 4.69) is 10.6 Å². The molecular weight excluding hydrogens is 406 g/mol. The molecule has 30 heavy (non-hydrogen) atoms.